The number of furan rings is 1. The number of nitrogens with zero attached hydrogens (tertiary/aromatic N) is 8. The Bertz CT molecular complexity index is 1290. The standard InChI is InChI=1S/C18H18N10O5/c1-2-25-9-14(15(23-25)17(30)19-8-12-4-3-7-33-12)21-16(29)13-5-6-26(22-13)11-27-10-20-18(24-27)28(31)32/h3-7,9-10H,2,8,11H2,1H3,(H,19,30)(H,21,29). The molecule has 0 saturated heterocycles. The lowest BCUT2D eigenvalue weighted by Crippen LogP contribution is -2.25. The molecule has 0 radical (unpaired) electrons. The monoisotopic (exact) mass is 454 g/mol. The van der Waals surface area contributed by atoms with Crippen molar-refractivity contribution in [1.29, 1.82) is 0 Å². The van der Waals surface area contributed by atoms with E-state index in [0.717, 1.165) is 0 Å². The van der Waals surface area contributed by atoms with Gasteiger partial charge < -0.3 is 25.2 Å². The summed E-state index contributed by atoms with van der Waals surface area (Å²) in [5.74, 6) is -1.00. The second-order valence-electron chi connectivity index (χ2n) is 6.69. The molecule has 4 heterocycles. The Hall–Kier alpha value is -4.82. The van der Waals surface area contributed by atoms with Crippen molar-refractivity contribution in [2.75, 3.05) is 5.32 Å². The molecule has 0 atom stereocenters. The third-order valence-corrected chi connectivity index (χ3v) is 4.40. The highest BCUT2D eigenvalue weighted by Crippen LogP contribution is 2.16. The molecule has 0 fully saturated rings. The number of anilines is 1. The quantitative estimate of drug-likeness (QED) is 0.274. The zero-order chi connectivity index (χ0) is 23.4. The normalized spacial score (nSPS) is 10.8. The van der Waals surface area contributed by atoms with E-state index >= 15 is 0 Å². The molecule has 0 bridgehead atoms. The number of hydrogen-bond acceptors (Lipinski definition) is 9. The number of carbonyl (C=O) groups is 2. The van der Waals surface area contributed by atoms with Crippen molar-refractivity contribution in [2.24, 2.45) is 0 Å². The van der Waals surface area contributed by atoms with E-state index in [4.69, 9.17) is 4.42 Å². The average molecular weight is 454 g/mol. The fourth-order valence-electron chi connectivity index (χ4n) is 2.84. The summed E-state index contributed by atoms with van der Waals surface area (Å²) in [5.41, 5.74) is 0.335. The third-order valence-electron chi connectivity index (χ3n) is 4.40. The van der Waals surface area contributed by atoms with Gasteiger partial charge >= 0.3 is 5.95 Å². The lowest BCUT2D eigenvalue weighted by atomic mass is 10.3. The second-order valence-corrected chi connectivity index (χ2v) is 6.69. The van der Waals surface area contributed by atoms with Crippen LogP contribution in [0.5, 0.6) is 0 Å². The maximum absolute atomic E-state index is 12.7. The van der Waals surface area contributed by atoms with Crippen LogP contribution in [-0.4, -0.2) is 51.1 Å². The van der Waals surface area contributed by atoms with Crippen LogP contribution < -0.4 is 10.6 Å². The van der Waals surface area contributed by atoms with Gasteiger partial charge in [-0.15, -0.1) is 0 Å². The summed E-state index contributed by atoms with van der Waals surface area (Å²) < 4.78 is 9.28. The zero-order valence-electron chi connectivity index (χ0n) is 17.3. The lowest BCUT2D eigenvalue weighted by molar-refractivity contribution is -0.394. The van der Waals surface area contributed by atoms with E-state index in [1.807, 2.05) is 6.92 Å². The summed E-state index contributed by atoms with van der Waals surface area (Å²) >= 11 is 0. The number of nitro groups is 1. The fraction of sp³-hybridized carbons (Fsp3) is 0.222. The van der Waals surface area contributed by atoms with Gasteiger partial charge in [0.15, 0.2) is 18.1 Å². The molecule has 0 aliphatic heterocycles. The van der Waals surface area contributed by atoms with Crippen molar-refractivity contribution in [2.45, 2.75) is 26.7 Å². The van der Waals surface area contributed by atoms with Crippen LogP contribution in [-0.2, 0) is 19.8 Å². The Morgan fingerprint density at radius 3 is 2.70 bits per heavy atom. The van der Waals surface area contributed by atoms with Crippen LogP contribution in [0.2, 0.25) is 0 Å². The van der Waals surface area contributed by atoms with Crippen LogP contribution in [0.25, 0.3) is 0 Å². The van der Waals surface area contributed by atoms with Gasteiger partial charge in [0.25, 0.3) is 11.8 Å². The SMILES string of the molecule is CCn1cc(NC(=O)c2ccn(Cn3cnc([N+](=O)[O-])n3)n2)c(C(=O)NCc2ccco2)n1. The van der Waals surface area contributed by atoms with Gasteiger partial charge in [-0.2, -0.15) is 14.9 Å². The number of nitrogens with one attached hydrogen (secondary N) is 2. The van der Waals surface area contributed by atoms with Crippen molar-refractivity contribution in [1.82, 2.24) is 39.6 Å². The molecule has 15 nitrogen and oxygen atoms in total. The Labute approximate surface area is 185 Å². The number of amides is 2. The Balaban J connectivity index is 1.44. The molecule has 0 aliphatic carbocycles. The zero-order valence-corrected chi connectivity index (χ0v) is 17.3. The minimum Gasteiger partial charge on any atom is -0.467 e. The first-order chi connectivity index (χ1) is 15.9. The fourth-order valence-corrected chi connectivity index (χ4v) is 2.84. The highest BCUT2D eigenvalue weighted by molar-refractivity contribution is 6.07. The molecular weight excluding hydrogens is 436 g/mol. The molecule has 33 heavy (non-hydrogen) atoms. The topological polar surface area (TPSA) is 181 Å². The molecule has 0 aromatic carbocycles. The van der Waals surface area contributed by atoms with E-state index < -0.39 is 22.7 Å². The maximum Gasteiger partial charge on any atom is 0.491 e. The summed E-state index contributed by atoms with van der Waals surface area (Å²) in [5, 5.41) is 28.1. The van der Waals surface area contributed by atoms with Crippen molar-refractivity contribution >= 4 is 23.5 Å². The molecule has 2 amide bonds. The Kier molecular flexibility index (Phi) is 5.92. The lowest BCUT2D eigenvalue weighted by Gasteiger charge is -2.04. The highest BCUT2D eigenvalue weighted by atomic mass is 16.6. The first-order valence-electron chi connectivity index (χ1n) is 9.69. The van der Waals surface area contributed by atoms with Gasteiger partial charge in [-0.05, 0) is 30.0 Å². The van der Waals surface area contributed by atoms with Crippen molar-refractivity contribution in [3.63, 3.8) is 0 Å². The minimum atomic E-state index is -0.711. The summed E-state index contributed by atoms with van der Waals surface area (Å²) in [6.45, 7) is 2.53. The maximum atomic E-state index is 12.7. The molecule has 4 aromatic heterocycles. The molecule has 2 N–H and O–H groups in total. The van der Waals surface area contributed by atoms with E-state index in [0.29, 0.717) is 12.3 Å². The van der Waals surface area contributed by atoms with E-state index in [1.165, 1.54) is 38.9 Å². The Morgan fingerprint density at radius 2 is 2.00 bits per heavy atom. The van der Waals surface area contributed by atoms with Crippen LogP contribution >= 0.6 is 0 Å². The van der Waals surface area contributed by atoms with Gasteiger partial charge in [-0.1, -0.05) is 4.98 Å². The van der Waals surface area contributed by atoms with Crippen LogP contribution in [0.1, 0.15) is 33.7 Å². The number of aromatic nitrogens is 7. The van der Waals surface area contributed by atoms with Crippen molar-refractivity contribution in [3.05, 3.63) is 70.4 Å². The van der Waals surface area contributed by atoms with Crippen molar-refractivity contribution < 1.29 is 18.9 Å². The Morgan fingerprint density at radius 1 is 1.15 bits per heavy atom. The molecule has 4 aromatic rings. The number of carbonyl (C=O) groups excluding carboxylic acids is 2. The average Bonchev–Trinajstić information content (AvgIpc) is 3.59. The van der Waals surface area contributed by atoms with E-state index in [2.05, 4.69) is 30.9 Å². The molecule has 0 saturated carbocycles. The smallest absolute Gasteiger partial charge is 0.467 e. The number of rotatable bonds is 9. The largest absolute Gasteiger partial charge is 0.491 e. The molecule has 0 aliphatic rings. The molecule has 170 valence electrons. The van der Waals surface area contributed by atoms with Gasteiger partial charge in [-0.3, -0.25) is 14.3 Å². The van der Waals surface area contributed by atoms with E-state index in [9.17, 15) is 19.7 Å². The molecule has 0 spiro atoms. The summed E-state index contributed by atoms with van der Waals surface area (Å²) in [6, 6.07) is 4.89. The molecule has 4 rings (SSSR count). The van der Waals surface area contributed by atoms with Crippen molar-refractivity contribution in [3.8, 4) is 0 Å². The van der Waals surface area contributed by atoms with Crippen LogP contribution in [0.15, 0.2) is 47.6 Å². The predicted octanol–water partition coefficient (Wildman–Crippen LogP) is 0.880. The van der Waals surface area contributed by atoms with E-state index in [-0.39, 0.29) is 30.3 Å². The van der Waals surface area contributed by atoms with Gasteiger partial charge in [-0.25, -0.2) is 4.68 Å². The third kappa shape index (κ3) is 4.92. The minimum absolute atomic E-state index is 0.0162. The molecule has 15 heteroatoms. The van der Waals surface area contributed by atoms with Gasteiger partial charge in [0, 0.05) is 24.0 Å². The first-order valence-corrected chi connectivity index (χ1v) is 9.69. The van der Waals surface area contributed by atoms with Gasteiger partial charge in [0.2, 0.25) is 6.33 Å². The van der Waals surface area contributed by atoms with Gasteiger partial charge in [0.1, 0.15) is 5.76 Å². The molecule has 0 unspecified atom stereocenters. The van der Waals surface area contributed by atoms with Gasteiger partial charge in [0.05, 0.1) is 18.5 Å². The summed E-state index contributed by atoms with van der Waals surface area (Å²) in [7, 11) is 0. The summed E-state index contributed by atoms with van der Waals surface area (Å²) in [4.78, 5) is 38.8. The van der Waals surface area contributed by atoms with E-state index in [1.54, 1.807) is 18.3 Å². The van der Waals surface area contributed by atoms with Crippen LogP contribution in [0.3, 0.4) is 0 Å². The summed E-state index contributed by atoms with van der Waals surface area (Å²) in [6.07, 6.45) is 5.74. The predicted molar refractivity (Wildman–Crippen MR) is 110 cm³/mol. The number of aryl methyl sites for hydroxylation is 1. The molecular formula is C18H18N10O5. The van der Waals surface area contributed by atoms with Crippen LogP contribution in [0, 0.1) is 10.1 Å². The highest BCUT2D eigenvalue weighted by Gasteiger charge is 2.21. The number of hydrogen-bond donors (Lipinski definition) is 2. The second kappa shape index (κ2) is 9.13. The first kappa shape index (κ1) is 21.4. The van der Waals surface area contributed by atoms with Crippen LogP contribution in [0.4, 0.5) is 11.6 Å².